The van der Waals surface area contributed by atoms with E-state index >= 15 is 0 Å². The second-order valence-electron chi connectivity index (χ2n) is 6.42. The smallest absolute Gasteiger partial charge is 0.231 e. The van der Waals surface area contributed by atoms with Crippen LogP contribution < -0.4 is 5.32 Å². The fraction of sp³-hybridized carbons (Fsp3) is 0.174. The first kappa shape index (κ1) is 18.3. The summed E-state index contributed by atoms with van der Waals surface area (Å²) in [5.74, 6) is 0.433. The van der Waals surface area contributed by atoms with Crippen molar-refractivity contribution in [2.75, 3.05) is 5.75 Å². The van der Waals surface area contributed by atoms with Gasteiger partial charge >= 0.3 is 0 Å². The number of aryl methyl sites for hydroxylation is 2. The molecular formula is C23H23NOS. The minimum Gasteiger partial charge on any atom is -0.344 e. The van der Waals surface area contributed by atoms with Crippen LogP contribution in [0.25, 0.3) is 0 Å². The number of benzene rings is 3. The summed E-state index contributed by atoms with van der Waals surface area (Å²) in [6.45, 7) is 4.13. The molecular weight excluding hydrogens is 338 g/mol. The second kappa shape index (κ2) is 8.72. The lowest BCUT2D eigenvalue weighted by Gasteiger charge is -2.20. The van der Waals surface area contributed by atoms with E-state index in [2.05, 4.69) is 79.8 Å². The molecule has 0 spiro atoms. The molecule has 0 radical (unpaired) electrons. The third kappa shape index (κ3) is 4.99. The predicted octanol–water partition coefficient (Wildman–Crippen LogP) is 5.30. The number of hydrogen-bond acceptors (Lipinski definition) is 2. The first-order chi connectivity index (χ1) is 12.6. The Hall–Kier alpha value is -2.52. The lowest BCUT2D eigenvalue weighted by atomic mass is 9.98. The Morgan fingerprint density at radius 3 is 1.96 bits per heavy atom. The Balaban J connectivity index is 1.71. The highest BCUT2D eigenvalue weighted by atomic mass is 32.2. The number of rotatable bonds is 6. The van der Waals surface area contributed by atoms with Gasteiger partial charge in [-0.1, -0.05) is 77.9 Å². The van der Waals surface area contributed by atoms with Crippen molar-refractivity contribution in [3.05, 3.63) is 101 Å². The summed E-state index contributed by atoms with van der Waals surface area (Å²) in [6, 6.07) is 26.6. The summed E-state index contributed by atoms with van der Waals surface area (Å²) in [5, 5.41) is 3.19. The molecule has 3 aromatic rings. The molecule has 1 atom stereocenters. The highest BCUT2D eigenvalue weighted by Gasteiger charge is 2.16. The molecule has 0 saturated heterocycles. The van der Waals surface area contributed by atoms with E-state index in [9.17, 15) is 4.79 Å². The first-order valence-corrected chi connectivity index (χ1v) is 9.71. The average molecular weight is 362 g/mol. The van der Waals surface area contributed by atoms with Gasteiger partial charge in [-0.2, -0.15) is 0 Å². The molecule has 1 N–H and O–H groups in total. The van der Waals surface area contributed by atoms with Crippen LogP contribution in [0, 0.1) is 13.8 Å². The molecule has 3 heteroatoms. The van der Waals surface area contributed by atoms with Crippen LogP contribution in [0.15, 0.2) is 83.8 Å². The first-order valence-electron chi connectivity index (χ1n) is 8.72. The van der Waals surface area contributed by atoms with Crippen molar-refractivity contribution in [1.82, 2.24) is 5.32 Å². The molecule has 3 rings (SSSR count). The highest BCUT2D eigenvalue weighted by molar-refractivity contribution is 8.00. The maximum Gasteiger partial charge on any atom is 0.231 e. The standard InChI is InChI=1S/C23H23NOS/c1-17-8-12-20(13-9-17)23(19-6-4-3-5-7-19)24-22(25)16-26-21-14-10-18(2)11-15-21/h3-15,23H,16H2,1-2H3,(H,24,25)/t23-/m1/s1. The Morgan fingerprint density at radius 1 is 0.808 bits per heavy atom. The zero-order chi connectivity index (χ0) is 18.4. The van der Waals surface area contributed by atoms with Gasteiger partial charge in [-0.3, -0.25) is 4.79 Å². The summed E-state index contributed by atoms with van der Waals surface area (Å²) < 4.78 is 0. The van der Waals surface area contributed by atoms with E-state index in [4.69, 9.17) is 0 Å². The van der Waals surface area contributed by atoms with E-state index in [0.29, 0.717) is 5.75 Å². The van der Waals surface area contributed by atoms with Gasteiger partial charge in [0.1, 0.15) is 0 Å². The Labute approximate surface area is 159 Å². The van der Waals surface area contributed by atoms with Crippen molar-refractivity contribution >= 4 is 17.7 Å². The normalized spacial score (nSPS) is 11.8. The minimum absolute atomic E-state index is 0.0324. The third-order valence-corrected chi connectivity index (χ3v) is 5.25. The number of carbonyl (C=O) groups excluding carboxylic acids is 1. The number of hydrogen-bond donors (Lipinski definition) is 1. The van der Waals surface area contributed by atoms with Crippen LogP contribution in [0.3, 0.4) is 0 Å². The van der Waals surface area contributed by atoms with Crippen LogP contribution in [0.1, 0.15) is 28.3 Å². The van der Waals surface area contributed by atoms with Gasteiger partial charge < -0.3 is 5.32 Å². The van der Waals surface area contributed by atoms with Crippen LogP contribution in [-0.2, 0) is 4.79 Å². The molecule has 0 aliphatic carbocycles. The van der Waals surface area contributed by atoms with Crippen LogP contribution in [0.5, 0.6) is 0 Å². The van der Waals surface area contributed by atoms with Gasteiger partial charge in [0.05, 0.1) is 11.8 Å². The fourth-order valence-electron chi connectivity index (χ4n) is 2.75. The zero-order valence-electron chi connectivity index (χ0n) is 15.1. The zero-order valence-corrected chi connectivity index (χ0v) is 15.9. The van der Waals surface area contributed by atoms with Gasteiger partial charge in [0, 0.05) is 4.90 Å². The summed E-state index contributed by atoms with van der Waals surface area (Å²) >= 11 is 1.56. The molecule has 26 heavy (non-hydrogen) atoms. The van der Waals surface area contributed by atoms with E-state index in [1.54, 1.807) is 11.8 Å². The van der Waals surface area contributed by atoms with Crippen LogP contribution in [0.2, 0.25) is 0 Å². The minimum atomic E-state index is -0.136. The summed E-state index contributed by atoms with van der Waals surface area (Å²) in [5.41, 5.74) is 4.62. The van der Waals surface area contributed by atoms with Gasteiger partial charge in [-0.05, 0) is 37.1 Å². The van der Waals surface area contributed by atoms with E-state index in [0.717, 1.165) is 16.0 Å². The van der Waals surface area contributed by atoms with Gasteiger partial charge in [0.2, 0.25) is 5.91 Å². The van der Waals surface area contributed by atoms with Crippen molar-refractivity contribution in [3.8, 4) is 0 Å². The largest absolute Gasteiger partial charge is 0.344 e. The lowest BCUT2D eigenvalue weighted by molar-refractivity contribution is -0.119. The van der Waals surface area contributed by atoms with Gasteiger partial charge in [-0.15, -0.1) is 11.8 Å². The SMILES string of the molecule is Cc1ccc(SCC(=O)N[C@H](c2ccccc2)c2ccc(C)cc2)cc1. The molecule has 132 valence electrons. The van der Waals surface area contributed by atoms with Crippen molar-refractivity contribution in [1.29, 1.82) is 0 Å². The van der Waals surface area contributed by atoms with Crippen LogP contribution in [-0.4, -0.2) is 11.7 Å². The van der Waals surface area contributed by atoms with Crippen molar-refractivity contribution in [2.24, 2.45) is 0 Å². The van der Waals surface area contributed by atoms with E-state index in [-0.39, 0.29) is 11.9 Å². The predicted molar refractivity (Wildman–Crippen MR) is 110 cm³/mol. The van der Waals surface area contributed by atoms with Gasteiger partial charge in [-0.25, -0.2) is 0 Å². The topological polar surface area (TPSA) is 29.1 Å². The summed E-state index contributed by atoms with van der Waals surface area (Å²) in [6.07, 6.45) is 0. The molecule has 1 amide bonds. The van der Waals surface area contributed by atoms with E-state index in [1.807, 2.05) is 18.2 Å². The summed E-state index contributed by atoms with van der Waals surface area (Å²) in [7, 11) is 0. The molecule has 0 unspecified atom stereocenters. The molecule has 0 saturated carbocycles. The van der Waals surface area contributed by atoms with E-state index < -0.39 is 0 Å². The number of thioether (sulfide) groups is 1. The van der Waals surface area contributed by atoms with E-state index in [1.165, 1.54) is 11.1 Å². The molecule has 0 heterocycles. The highest BCUT2D eigenvalue weighted by Crippen LogP contribution is 2.23. The molecule has 0 aromatic heterocycles. The Morgan fingerprint density at radius 2 is 1.35 bits per heavy atom. The Bertz CT molecular complexity index is 842. The maximum absolute atomic E-state index is 12.6. The van der Waals surface area contributed by atoms with Gasteiger partial charge in [0.25, 0.3) is 0 Å². The quantitative estimate of drug-likeness (QED) is 0.604. The Kier molecular flexibility index (Phi) is 6.13. The van der Waals surface area contributed by atoms with Crippen LogP contribution >= 0.6 is 11.8 Å². The molecule has 0 bridgehead atoms. The average Bonchev–Trinajstić information content (AvgIpc) is 2.67. The van der Waals surface area contributed by atoms with Crippen LogP contribution in [0.4, 0.5) is 0 Å². The molecule has 0 aliphatic heterocycles. The second-order valence-corrected chi connectivity index (χ2v) is 7.47. The number of carbonyl (C=O) groups is 1. The molecule has 2 nitrogen and oxygen atoms in total. The van der Waals surface area contributed by atoms with Crippen molar-refractivity contribution < 1.29 is 4.79 Å². The van der Waals surface area contributed by atoms with Crippen molar-refractivity contribution in [2.45, 2.75) is 24.8 Å². The molecule has 0 fully saturated rings. The monoisotopic (exact) mass is 361 g/mol. The molecule has 3 aromatic carbocycles. The fourth-order valence-corrected chi connectivity index (χ4v) is 3.46. The lowest BCUT2D eigenvalue weighted by Crippen LogP contribution is -2.30. The third-order valence-electron chi connectivity index (χ3n) is 4.24. The number of amides is 1. The van der Waals surface area contributed by atoms with Crippen molar-refractivity contribution in [3.63, 3.8) is 0 Å². The summed E-state index contributed by atoms with van der Waals surface area (Å²) in [4.78, 5) is 13.7. The molecule has 0 aliphatic rings. The van der Waals surface area contributed by atoms with Gasteiger partial charge in [0.15, 0.2) is 0 Å². The maximum atomic E-state index is 12.6. The number of nitrogens with one attached hydrogen (secondary N) is 1.